The number of rotatable bonds is 0. The Morgan fingerprint density at radius 2 is 1.00 bits per heavy atom. The van der Waals surface area contributed by atoms with Gasteiger partial charge in [0.25, 0.3) is 0 Å². The average Bonchev–Trinajstić information content (AvgIpc) is 3.49. The Morgan fingerprint density at radius 1 is 0.568 bits per heavy atom. The molecule has 0 aromatic heterocycles. The van der Waals surface area contributed by atoms with Crippen molar-refractivity contribution in [3.05, 3.63) is 108 Å². The van der Waals surface area contributed by atoms with Crippen molar-refractivity contribution in [2.75, 3.05) is 19.6 Å². The second-order valence-corrected chi connectivity index (χ2v) is 16.2. The summed E-state index contributed by atoms with van der Waals surface area (Å²) in [5.74, 6) is 1.76. The van der Waals surface area contributed by atoms with Crippen molar-refractivity contribution in [2.45, 2.75) is 76.5 Å². The monoisotopic (exact) mass is 761 g/mol. The van der Waals surface area contributed by atoms with Crippen molar-refractivity contribution in [3.63, 3.8) is 0 Å². The van der Waals surface area contributed by atoms with Crippen molar-refractivity contribution in [1.29, 1.82) is 0 Å². The molecular formula is C38H38N4OPt. The van der Waals surface area contributed by atoms with Gasteiger partial charge in [-0.1, -0.05) is 0 Å². The summed E-state index contributed by atoms with van der Waals surface area (Å²) in [4.78, 5) is 11.0. The number of ether oxygens (including phenoxy) is 1. The van der Waals surface area contributed by atoms with Crippen molar-refractivity contribution in [2.24, 2.45) is 0 Å². The summed E-state index contributed by atoms with van der Waals surface area (Å²) in [6, 6.07) is 36.7. The number of hydrogen-bond acceptors (Lipinski definition) is 5. The zero-order valence-corrected chi connectivity index (χ0v) is 28.0. The predicted molar refractivity (Wildman–Crippen MR) is 178 cm³/mol. The fourth-order valence-corrected chi connectivity index (χ4v) is 12.7. The summed E-state index contributed by atoms with van der Waals surface area (Å²) >= 11 is -0.634. The molecule has 1 fully saturated rings. The third kappa shape index (κ3) is 3.62. The molecule has 4 aromatic rings. The molecule has 5 nitrogen and oxygen atoms in total. The third-order valence-electron chi connectivity index (χ3n) is 10.4. The van der Waals surface area contributed by atoms with Gasteiger partial charge >= 0.3 is 269 Å². The average molecular weight is 762 g/mol. The van der Waals surface area contributed by atoms with Crippen molar-refractivity contribution in [3.8, 4) is 11.5 Å². The zero-order chi connectivity index (χ0) is 29.8. The maximum absolute atomic E-state index is 6.62. The first-order valence-electron chi connectivity index (χ1n) is 15.9. The Labute approximate surface area is 268 Å². The Balaban J connectivity index is 1.42. The van der Waals surface area contributed by atoms with Crippen LogP contribution in [-0.2, 0) is 28.7 Å². The number of para-hydroxylation sites is 4. The molecule has 6 bridgehead atoms. The van der Waals surface area contributed by atoms with Crippen LogP contribution in [0.4, 0.5) is 22.7 Å². The molecule has 0 saturated heterocycles. The van der Waals surface area contributed by atoms with Crippen molar-refractivity contribution >= 4 is 31.0 Å². The maximum atomic E-state index is 6.62. The van der Waals surface area contributed by atoms with Crippen molar-refractivity contribution < 1.29 is 22.4 Å². The van der Waals surface area contributed by atoms with Crippen LogP contribution in [0.2, 0.25) is 0 Å². The Hall–Kier alpha value is -3.69. The van der Waals surface area contributed by atoms with E-state index in [1.807, 2.05) is 0 Å². The number of fused-ring (bicyclic) bond motifs is 13. The van der Waals surface area contributed by atoms with Crippen LogP contribution in [0.5, 0.6) is 11.5 Å². The molecule has 44 heavy (non-hydrogen) atoms. The molecule has 4 aromatic carbocycles. The summed E-state index contributed by atoms with van der Waals surface area (Å²) < 4.78 is 9.61. The molecule has 4 heterocycles. The summed E-state index contributed by atoms with van der Waals surface area (Å²) in [6.07, 6.45) is 4.98. The van der Waals surface area contributed by atoms with E-state index in [0.29, 0.717) is 12.1 Å². The molecule has 0 N–H and O–H groups in total. The molecule has 0 amide bonds. The Kier molecular flexibility index (Phi) is 5.71. The molecule has 0 radical (unpaired) electrons. The third-order valence-corrected chi connectivity index (χ3v) is 13.5. The zero-order valence-electron chi connectivity index (χ0n) is 25.7. The van der Waals surface area contributed by atoms with Crippen LogP contribution < -0.4 is 24.3 Å². The first kappa shape index (κ1) is 26.7. The summed E-state index contributed by atoms with van der Waals surface area (Å²) in [6.45, 7) is 9.58. The van der Waals surface area contributed by atoms with Crippen molar-refractivity contribution in [1.82, 2.24) is 0 Å². The standard InChI is InChI=1S/C38H38N4O.Pt/c1-37(2)27-13-11-15-29(23-27)43-30-16-12-14-28(24-30)38(3,4)42-26-40(34-20-8-10-22-36(34)42)32-18-6-5-17-31(32)39-25-41(37)35-21-9-7-19-33(35)39;/h7-16,19-24,31-32H,5-6,17-18H2,1-4H3;. The van der Waals surface area contributed by atoms with E-state index >= 15 is 0 Å². The van der Waals surface area contributed by atoms with Crippen LogP contribution in [0, 0.1) is 0 Å². The van der Waals surface area contributed by atoms with Crippen LogP contribution in [0.3, 0.4) is 0 Å². The molecule has 5 aliphatic rings. The summed E-state index contributed by atoms with van der Waals surface area (Å²) in [7, 11) is 0. The number of hydrogen-bond donors (Lipinski definition) is 0. The first-order valence-corrected chi connectivity index (χ1v) is 18.2. The van der Waals surface area contributed by atoms with E-state index in [-0.39, 0.29) is 11.1 Å². The SMILES string of the molecule is CC1(C)c2cccc(c2)Oc2cccc(c2)C(C)(C)N2[C]3=[Pt]=[C]4N(c5ccccc5N41)C1CCCCC1N3c1ccccc12. The molecule has 9 rings (SSSR count). The van der Waals surface area contributed by atoms with Crippen LogP contribution in [0.1, 0.15) is 64.5 Å². The molecule has 2 unspecified atom stereocenters. The minimum absolute atomic E-state index is 0.294. The molecule has 0 spiro atoms. The quantitative estimate of drug-likeness (QED) is 0.180. The van der Waals surface area contributed by atoms with E-state index in [4.69, 9.17) is 4.74 Å². The first-order chi connectivity index (χ1) is 21.3. The molecule has 226 valence electrons. The molecule has 4 aliphatic heterocycles. The van der Waals surface area contributed by atoms with E-state index < -0.39 is 17.6 Å². The summed E-state index contributed by atoms with van der Waals surface area (Å²) in [5, 5.41) is 0. The second kappa shape index (κ2) is 9.41. The molecule has 1 aliphatic carbocycles. The fraction of sp³-hybridized carbons (Fsp3) is 0.316. The topological polar surface area (TPSA) is 22.2 Å². The van der Waals surface area contributed by atoms with E-state index in [9.17, 15) is 0 Å². The van der Waals surface area contributed by atoms with Gasteiger partial charge < -0.3 is 0 Å². The van der Waals surface area contributed by atoms with E-state index in [1.54, 1.807) is 0 Å². The molecule has 2 atom stereocenters. The van der Waals surface area contributed by atoms with Gasteiger partial charge in [-0.15, -0.1) is 0 Å². The van der Waals surface area contributed by atoms with Crippen LogP contribution in [-0.4, -0.2) is 20.4 Å². The van der Waals surface area contributed by atoms with Gasteiger partial charge in [-0.3, -0.25) is 0 Å². The van der Waals surface area contributed by atoms with Gasteiger partial charge in [-0.25, -0.2) is 0 Å². The van der Waals surface area contributed by atoms with Gasteiger partial charge in [-0.2, -0.15) is 0 Å². The van der Waals surface area contributed by atoms with Gasteiger partial charge in [0.15, 0.2) is 0 Å². The fourth-order valence-electron chi connectivity index (χ4n) is 8.12. The van der Waals surface area contributed by atoms with E-state index in [2.05, 4.69) is 144 Å². The van der Waals surface area contributed by atoms with Gasteiger partial charge in [0, 0.05) is 0 Å². The number of anilines is 4. The van der Waals surface area contributed by atoms with E-state index in [1.165, 1.54) is 67.9 Å². The molecule has 1 saturated carbocycles. The van der Waals surface area contributed by atoms with Gasteiger partial charge in [-0.05, 0) is 0 Å². The molecule has 6 heteroatoms. The number of nitrogens with zero attached hydrogens (tertiary/aromatic N) is 4. The summed E-state index contributed by atoms with van der Waals surface area (Å²) in [5.41, 5.74) is 7.33. The Bertz CT molecular complexity index is 1770. The van der Waals surface area contributed by atoms with Crippen LogP contribution in [0.25, 0.3) is 0 Å². The second-order valence-electron chi connectivity index (χ2n) is 13.6. The number of benzene rings is 4. The predicted octanol–water partition coefficient (Wildman–Crippen LogP) is 8.20. The molecular weight excluding hydrogens is 724 g/mol. The van der Waals surface area contributed by atoms with Crippen LogP contribution in [0.15, 0.2) is 97.1 Å². The Morgan fingerprint density at radius 3 is 1.45 bits per heavy atom. The van der Waals surface area contributed by atoms with Gasteiger partial charge in [0.2, 0.25) is 0 Å². The minimum atomic E-state index is -0.634. The van der Waals surface area contributed by atoms with E-state index in [0.717, 1.165) is 11.5 Å². The van der Waals surface area contributed by atoms with Gasteiger partial charge in [0.1, 0.15) is 0 Å². The normalized spacial score (nSPS) is 23.9. The van der Waals surface area contributed by atoms with Crippen LogP contribution >= 0.6 is 0 Å². The van der Waals surface area contributed by atoms with Gasteiger partial charge in [0.05, 0.1) is 0 Å².